The number of benzene rings is 2. The number of methoxy groups -OCH3 is 1. The third-order valence-corrected chi connectivity index (χ3v) is 7.31. The van der Waals surface area contributed by atoms with E-state index in [9.17, 15) is 13.2 Å². The molecule has 1 aromatic heterocycles. The van der Waals surface area contributed by atoms with E-state index in [1.807, 2.05) is 30.3 Å². The quantitative estimate of drug-likeness (QED) is 0.563. The molecule has 11 heteroatoms. The SMILES string of the molecule is COc1ccc(S(=O)(=O)N2CCCCCC2)cc1NC(=O)Cn1nnc(-c2ccccc2)n1. The van der Waals surface area contributed by atoms with E-state index in [0.29, 0.717) is 24.7 Å². The molecular formula is C22H26N6O4S. The molecule has 1 fully saturated rings. The summed E-state index contributed by atoms with van der Waals surface area (Å²) in [5.41, 5.74) is 1.05. The van der Waals surface area contributed by atoms with Crippen molar-refractivity contribution in [3.63, 3.8) is 0 Å². The maximum absolute atomic E-state index is 13.1. The van der Waals surface area contributed by atoms with Gasteiger partial charge in [-0.05, 0) is 36.3 Å². The van der Waals surface area contributed by atoms with Gasteiger partial charge in [0, 0.05) is 18.7 Å². The van der Waals surface area contributed by atoms with Crippen LogP contribution < -0.4 is 10.1 Å². The highest BCUT2D eigenvalue weighted by Crippen LogP contribution is 2.30. The number of nitrogens with one attached hydrogen (secondary N) is 1. The lowest BCUT2D eigenvalue weighted by Crippen LogP contribution is -2.32. The van der Waals surface area contributed by atoms with E-state index in [0.717, 1.165) is 31.2 Å². The van der Waals surface area contributed by atoms with Gasteiger partial charge in [0.15, 0.2) is 0 Å². The van der Waals surface area contributed by atoms with Crippen LogP contribution in [0.25, 0.3) is 11.4 Å². The fourth-order valence-electron chi connectivity index (χ4n) is 3.71. The van der Waals surface area contributed by atoms with E-state index in [4.69, 9.17) is 4.74 Å². The number of nitrogens with zero attached hydrogens (tertiary/aromatic N) is 5. The molecule has 0 spiro atoms. The van der Waals surface area contributed by atoms with Gasteiger partial charge in [0.25, 0.3) is 0 Å². The number of carbonyl (C=O) groups is 1. The van der Waals surface area contributed by atoms with Gasteiger partial charge in [-0.3, -0.25) is 4.79 Å². The van der Waals surface area contributed by atoms with Crippen LogP contribution in [0.4, 0.5) is 5.69 Å². The number of aromatic nitrogens is 4. The van der Waals surface area contributed by atoms with Crippen molar-refractivity contribution in [1.82, 2.24) is 24.5 Å². The molecule has 0 aliphatic carbocycles. The zero-order chi connectivity index (χ0) is 23.3. The number of carbonyl (C=O) groups excluding carboxylic acids is 1. The fourth-order valence-corrected chi connectivity index (χ4v) is 5.25. The standard InChI is InChI=1S/C22H26N6O4S/c1-32-20-12-11-18(33(30,31)27-13-7-2-3-8-14-27)15-19(20)23-21(29)16-28-25-22(24-26-28)17-9-5-4-6-10-17/h4-6,9-12,15H,2-3,7-8,13-14,16H2,1H3,(H,23,29). The largest absolute Gasteiger partial charge is 0.495 e. The minimum atomic E-state index is -3.67. The van der Waals surface area contributed by atoms with Crippen LogP contribution in [0, 0.1) is 0 Å². The molecule has 0 saturated carbocycles. The molecule has 33 heavy (non-hydrogen) atoms. The third kappa shape index (κ3) is 5.37. The van der Waals surface area contributed by atoms with Gasteiger partial charge in [0.2, 0.25) is 21.8 Å². The van der Waals surface area contributed by atoms with E-state index in [-0.39, 0.29) is 17.1 Å². The Balaban J connectivity index is 1.50. The lowest BCUT2D eigenvalue weighted by atomic mass is 10.2. The van der Waals surface area contributed by atoms with Crippen molar-refractivity contribution in [3.05, 3.63) is 48.5 Å². The van der Waals surface area contributed by atoms with Gasteiger partial charge >= 0.3 is 0 Å². The molecule has 1 amide bonds. The summed E-state index contributed by atoms with van der Waals surface area (Å²) in [5.74, 6) is 0.329. The van der Waals surface area contributed by atoms with E-state index < -0.39 is 15.9 Å². The second-order valence-corrected chi connectivity index (χ2v) is 9.68. The van der Waals surface area contributed by atoms with Crippen LogP contribution in [0.2, 0.25) is 0 Å². The minimum Gasteiger partial charge on any atom is -0.495 e. The van der Waals surface area contributed by atoms with E-state index >= 15 is 0 Å². The summed E-state index contributed by atoms with van der Waals surface area (Å²) in [6.07, 6.45) is 3.74. The van der Waals surface area contributed by atoms with Crippen molar-refractivity contribution in [2.45, 2.75) is 37.1 Å². The van der Waals surface area contributed by atoms with Gasteiger partial charge in [-0.25, -0.2) is 8.42 Å². The lowest BCUT2D eigenvalue weighted by molar-refractivity contribution is -0.117. The van der Waals surface area contributed by atoms with E-state index in [2.05, 4.69) is 20.7 Å². The number of rotatable bonds is 7. The van der Waals surface area contributed by atoms with Gasteiger partial charge in [-0.1, -0.05) is 43.2 Å². The first kappa shape index (κ1) is 22.9. The number of anilines is 1. The predicted molar refractivity (Wildman–Crippen MR) is 122 cm³/mol. The maximum atomic E-state index is 13.1. The number of sulfonamides is 1. The van der Waals surface area contributed by atoms with Crippen LogP contribution >= 0.6 is 0 Å². The summed E-state index contributed by atoms with van der Waals surface area (Å²) < 4.78 is 33.1. The highest BCUT2D eigenvalue weighted by atomic mass is 32.2. The van der Waals surface area contributed by atoms with Gasteiger partial charge in [0.1, 0.15) is 12.3 Å². The summed E-state index contributed by atoms with van der Waals surface area (Å²) in [6.45, 7) is 0.807. The molecule has 174 valence electrons. The molecule has 2 heterocycles. The molecule has 0 atom stereocenters. The summed E-state index contributed by atoms with van der Waals surface area (Å²) in [6, 6.07) is 13.8. The summed E-state index contributed by atoms with van der Waals surface area (Å²) >= 11 is 0. The van der Waals surface area contributed by atoms with Gasteiger partial charge in [-0.2, -0.15) is 9.10 Å². The molecule has 4 rings (SSSR count). The second kappa shape index (κ2) is 10.1. The maximum Gasteiger partial charge on any atom is 0.248 e. The fraction of sp³-hybridized carbons (Fsp3) is 0.364. The van der Waals surface area contributed by atoms with Crippen molar-refractivity contribution < 1.29 is 17.9 Å². The average molecular weight is 471 g/mol. The first-order valence-electron chi connectivity index (χ1n) is 10.8. The van der Waals surface area contributed by atoms with Gasteiger partial charge in [-0.15, -0.1) is 10.2 Å². The Morgan fingerprint density at radius 2 is 1.79 bits per heavy atom. The lowest BCUT2D eigenvalue weighted by Gasteiger charge is -2.21. The molecule has 1 saturated heterocycles. The summed E-state index contributed by atoms with van der Waals surface area (Å²) in [4.78, 5) is 13.9. The van der Waals surface area contributed by atoms with Crippen molar-refractivity contribution in [2.75, 3.05) is 25.5 Å². The Morgan fingerprint density at radius 3 is 2.48 bits per heavy atom. The van der Waals surface area contributed by atoms with Crippen LogP contribution in [-0.4, -0.2) is 59.0 Å². The van der Waals surface area contributed by atoms with Crippen molar-refractivity contribution in [2.24, 2.45) is 0 Å². The number of tetrazole rings is 1. The van der Waals surface area contributed by atoms with Crippen LogP contribution in [0.5, 0.6) is 5.75 Å². The Morgan fingerprint density at radius 1 is 1.06 bits per heavy atom. The Kier molecular flexibility index (Phi) is 6.99. The Bertz CT molecular complexity index is 1200. The van der Waals surface area contributed by atoms with Crippen LogP contribution in [0.1, 0.15) is 25.7 Å². The van der Waals surface area contributed by atoms with Crippen molar-refractivity contribution in [3.8, 4) is 17.1 Å². The number of amides is 1. The molecular weight excluding hydrogens is 444 g/mol. The first-order valence-corrected chi connectivity index (χ1v) is 12.2. The smallest absolute Gasteiger partial charge is 0.248 e. The first-order chi connectivity index (χ1) is 16.0. The molecule has 10 nitrogen and oxygen atoms in total. The number of ether oxygens (including phenoxy) is 1. The summed E-state index contributed by atoms with van der Waals surface area (Å²) in [7, 11) is -2.21. The third-order valence-electron chi connectivity index (χ3n) is 5.42. The highest BCUT2D eigenvalue weighted by molar-refractivity contribution is 7.89. The summed E-state index contributed by atoms with van der Waals surface area (Å²) in [5, 5.41) is 14.8. The van der Waals surface area contributed by atoms with Gasteiger partial charge < -0.3 is 10.1 Å². The van der Waals surface area contributed by atoms with E-state index in [1.165, 1.54) is 28.3 Å². The molecule has 0 unspecified atom stereocenters. The molecule has 1 aliphatic rings. The molecule has 1 N–H and O–H groups in total. The van der Waals surface area contributed by atoms with Crippen LogP contribution in [0.3, 0.4) is 0 Å². The van der Waals surface area contributed by atoms with Crippen LogP contribution in [-0.2, 0) is 21.4 Å². The normalized spacial score (nSPS) is 15.1. The minimum absolute atomic E-state index is 0.116. The van der Waals surface area contributed by atoms with E-state index in [1.54, 1.807) is 6.07 Å². The number of hydrogen-bond donors (Lipinski definition) is 1. The second-order valence-electron chi connectivity index (χ2n) is 7.74. The Hall–Kier alpha value is -3.31. The molecule has 0 bridgehead atoms. The monoisotopic (exact) mass is 470 g/mol. The highest BCUT2D eigenvalue weighted by Gasteiger charge is 2.26. The van der Waals surface area contributed by atoms with Gasteiger partial charge in [0.05, 0.1) is 17.7 Å². The Labute approximate surface area is 192 Å². The number of hydrogen-bond acceptors (Lipinski definition) is 7. The topological polar surface area (TPSA) is 119 Å². The molecule has 1 aliphatic heterocycles. The van der Waals surface area contributed by atoms with Crippen LogP contribution in [0.15, 0.2) is 53.4 Å². The molecule has 0 radical (unpaired) electrons. The molecule has 2 aromatic carbocycles. The zero-order valence-electron chi connectivity index (χ0n) is 18.3. The zero-order valence-corrected chi connectivity index (χ0v) is 19.2. The van der Waals surface area contributed by atoms with Crippen molar-refractivity contribution >= 4 is 21.6 Å². The molecule has 3 aromatic rings. The van der Waals surface area contributed by atoms with Crippen molar-refractivity contribution in [1.29, 1.82) is 0 Å². The predicted octanol–water partition coefficient (Wildman–Crippen LogP) is 2.55. The average Bonchev–Trinajstić information content (AvgIpc) is 3.10.